The number of hydrogen-bond acceptors (Lipinski definition) is 6. The average Bonchev–Trinajstić information content (AvgIpc) is 2.89. The number of nitrogens with zero attached hydrogens (tertiary/aromatic N) is 4. The lowest BCUT2D eigenvalue weighted by Crippen LogP contribution is -2.34. The molecule has 0 saturated carbocycles. The van der Waals surface area contributed by atoms with Gasteiger partial charge in [-0.05, 0) is 12.5 Å². The highest BCUT2D eigenvalue weighted by Crippen LogP contribution is 2.31. The second kappa shape index (κ2) is 6.37. The van der Waals surface area contributed by atoms with Crippen molar-refractivity contribution in [3.05, 3.63) is 38.4 Å². The maximum atomic E-state index is 11.5. The Bertz CT molecular complexity index is 618. The van der Waals surface area contributed by atoms with Crippen LogP contribution in [0.2, 0.25) is 0 Å². The second-order valence-electron chi connectivity index (χ2n) is 5.09. The summed E-state index contributed by atoms with van der Waals surface area (Å²) in [6.45, 7) is 1.60. The van der Waals surface area contributed by atoms with Crippen LogP contribution >= 0.6 is 0 Å². The molecule has 22 heavy (non-hydrogen) atoms. The number of likely N-dealkylation sites (N-methyl/N-ethyl adjacent to an activating group) is 1. The van der Waals surface area contributed by atoms with E-state index in [0.29, 0.717) is 31.7 Å². The minimum atomic E-state index is -0.667. The molecule has 118 valence electrons. The van der Waals surface area contributed by atoms with E-state index in [2.05, 4.69) is 0 Å². The molecule has 0 N–H and O–H groups in total. The van der Waals surface area contributed by atoms with E-state index in [9.17, 15) is 25.0 Å². The fourth-order valence-electron chi connectivity index (χ4n) is 2.43. The molecule has 0 spiro atoms. The molecule has 1 heterocycles. The van der Waals surface area contributed by atoms with Crippen molar-refractivity contribution in [2.75, 3.05) is 31.6 Å². The van der Waals surface area contributed by atoms with Crippen molar-refractivity contribution in [3.8, 4) is 0 Å². The van der Waals surface area contributed by atoms with Crippen LogP contribution in [-0.4, -0.2) is 47.3 Å². The Morgan fingerprint density at radius 3 is 2.55 bits per heavy atom. The van der Waals surface area contributed by atoms with Gasteiger partial charge in [0.15, 0.2) is 0 Å². The zero-order valence-corrected chi connectivity index (χ0v) is 12.1. The summed E-state index contributed by atoms with van der Waals surface area (Å²) in [4.78, 5) is 35.4. The summed E-state index contributed by atoms with van der Waals surface area (Å²) in [7, 11) is 1.66. The van der Waals surface area contributed by atoms with Gasteiger partial charge in [-0.15, -0.1) is 0 Å². The Morgan fingerprint density at radius 2 is 2.00 bits per heavy atom. The SMILES string of the molecule is CN(CCN1CCCC1=O)c1ccc([N+](=O)[O-])cc1[N+](=O)[O-]. The molecule has 0 aromatic heterocycles. The Balaban J connectivity index is 2.14. The molecule has 2 rings (SSSR count). The molecule has 0 radical (unpaired) electrons. The third-order valence-corrected chi connectivity index (χ3v) is 3.65. The first-order chi connectivity index (χ1) is 10.4. The zero-order chi connectivity index (χ0) is 16.3. The summed E-state index contributed by atoms with van der Waals surface area (Å²) >= 11 is 0. The average molecular weight is 308 g/mol. The van der Waals surface area contributed by atoms with Crippen LogP contribution in [0, 0.1) is 20.2 Å². The lowest BCUT2D eigenvalue weighted by atomic mass is 10.2. The van der Waals surface area contributed by atoms with Gasteiger partial charge in [0.05, 0.1) is 15.9 Å². The largest absolute Gasteiger partial charge is 0.367 e. The van der Waals surface area contributed by atoms with Gasteiger partial charge in [0.25, 0.3) is 11.4 Å². The van der Waals surface area contributed by atoms with E-state index in [-0.39, 0.29) is 17.3 Å². The standard InChI is InChI=1S/C13H16N4O5/c1-14(7-8-15-6-2-3-13(15)18)11-5-4-10(16(19)20)9-12(11)17(21)22/h4-5,9H,2-3,6-8H2,1H3. The van der Waals surface area contributed by atoms with E-state index in [0.717, 1.165) is 12.5 Å². The molecular weight excluding hydrogens is 292 g/mol. The van der Waals surface area contributed by atoms with Crippen LogP contribution < -0.4 is 4.90 Å². The molecule has 1 aliphatic rings. The van der Waals surface area contributed by atoms with Crippen LogP contribution in [0.5, 0.6) is 0 Å². The van der Waals surface area contributed by atoms with Gasteiger partial charge < -0.3 is 9.80 Å². The van der Waals surface area contributed by atoms with E-state index in [1.54, 1.807) is 16.8 Å². The number of amides is 1. The van der Waals surface area contributed by atoms with Crippen LogP contribution in [0.3, 0.4) is 0 Å². The molecule has 0 aliphatic carbocycles. The van der Waals surface area contributed by atoms with Crippen LogP contribution in [0.1, 0.15) is 12.8 Å². The molecule has 9 nitrogen and oxygen atoms in total. The first-order valence-corrected chi connectivity index (χ1v) is 6.82. The van der Waals surface area contributed by atoms with Crippen molar-refractivity contribution < 1.29 is 14.6 Å². The number of nitro groups is 2. The normalized spacial score (nSPS) is 14.2. The fraction of sp³-hybridized carbons (Fsp3) is 0.462. The van der Waals surface area contributed by atoms with Crippen LogP contribution in [0.15, 0.2) is 18.2 Å². The minimum absolute atomic E-state index is 0.0894. The van der Waals surface area contributed by atoms with Crippen LogP contribution in [0.25, 0.3) is 0 Å². The molecule has 0 bridgehead atoms. The molecule has 0 atom stereocenters. The summed E-state index contributed by atoms with van der Waals surface area (Å²) in [6.07, 6.45) is 1.38. The number of benzene rings is 1. The summed E-state index contributed by atoms with van der Waals surface area (Å²) in [5, 5.41) is 21.8. The fourth-order valence-corrected chi connectivity index (χ4v) is 2.43. The highest BCUT2D eigenvalue weighted by atomic mass is 16.6. The van der Waals surface area contributed by atoms with E-state index < -0.39 is 9.85 Å². The zero-order valence-electron chi connectivity index (χ0n) is 12.1. The molecular formula is C13H16N4O5. The molecule has 1 fully saturated rings. The summed E-state index contributed by atoms with van der Waals surface area (Å²) in [6, 6.07) is 3.55. The van der Waals surface area contributed by atoms with Crippen LogP contribution in [0.4, 0.5) is 17.1 Å². The van der Waals surface area contributed by atoms with Crippen molar-refractivity contribution in [2.24, 2.45) is 0 Å². The molecule has 1 aliphatic heterocycles. The van der Waals surface area contributed by atoms with Crippen LogP contribution in [-0.2, 0) is 4.79 Å². The Morgan fingerprint density at radius 1 is 1.27 bits per heavy atom. The molecule has 1 aromatic rings. The van der Waals surface area contributed by atoms with Gasteiger partial charge in [0, 0.05) is 39.2 Å². The maximum Gasteiger partial charge on any atom is 0.299 e. The van der Waals surface area contributed by atoms with Crippen molar-refractivity contribution in [1.29, 1.82) is 0 Å². The van der Waals surface area contributed by atoms with E-state index in [4.69, 9.17) is 0 Å². The number of hydrogen-bond donors (Lipinski definition) is 0. The number of likely N-dealkylation sites (tertiary alicyclic amines) is 1. The summed E-state index contributed by atoms with van der Waals surface area (Å²) in [5.74, 6) is 0.0894. The topological polar surface area (TPSA) is 110 Å². The molecule has 9 heteroatoms. The first kappa shape index (κ1) is 15.7. The number of carbonyl (C=O) groups excluding carboxylic acids is 1. The predicted molar refractivity (Wildman–Crippen MR) is 78.8 cm³/mol. The Kier molecular flexibility index (Phi) is 4.54. The lowest BCUT2D eigenvalue weighted by molar-refractivity contribution is -0.393. The highest BCUT2D eigenvalue weighted by Gasteiger charge is 2.24. The van der Waals surface area contributed by atoms with Crippen molar-refractivity contribution in [2.45, 2.75) is 12.8 Å². The van der Waals surface area contributed by atoms with Crippen molar-refractivity contribution >= 4 is 23.0 Å². The van der Waals surface area contributed by atoms with E-state index >= 15 is 0 Å². The van der Waals surface area contributed by atoms with Crippen molar-refractivity contribution in [1.82, 2.24) is 4.90 Å². The number of non-ortho nitro benzene ring substituents is 1. The first-order valence-electron chi connectivity index (χ1n) is 6.82. The number of rotatable bonds is 6. The summed E-state index contributed by atoms with van der Waals surface area (Å²) in [5.41, 5.74) is -0.342. The lowest BCUT2D eigenvalue weighted by Gasteiger charge is -2.23. The quantitative estimate of drug-likeness (QED) is 0.582. The second-order valence-corrected chi connectivity index (χ2v) is 5.09. The van der Waals surface area contributed by atoms with E-state index in [1.807, 2.05) is 0 Å². The molecule has 0 unspecified atom stereocenters. The third-order valence-electron chi connectivity index (χ3n) is 3.65. The smallest absolute Gasteiger partial charge is 0.299 e. The van der Waals surface area contributed by atoms with Gasteiger partial charge in [-0.2, -0.15) is 0 Å². The highest BCUT2D eigenvalue weighted by molar-refractivity contribution is 5.78. The van der Waals surface area contributed by atoms with Gasteiger partial charge in [-0.1, -0.05) is 0 Å². The number of nitro benzene ring substituents is 2. The van der Waals surface area contributed by atoms with E-state index in [1.165, 1.54) is 12.1 Å². The van der Waals surface area contributed by atoms with Gasteiger partial charge in [-0.3, -0.25) is 25.0 Å². The van der Waals surface area contributed by atoms with Crippen molar-refractivity contribution in [3.63, 3.8) is 0 Å². The molecule has 1 aromatic carbocycles. The van der Waals surface area contributed by atoms with Gasteiger partial charge in [-0.25, -0.2) is 0 Å². The third kappa shape index (κ3) is 3.30. The predicted octanol–water partition coefficient (Wildman–Crippen LogP) is 1.56. The molecule has 1 saturated heterocycles. The van der Waals surface area contributed by atoms with Gasteiger partial charge >= 0.3 is 0 Å². The monoisotopic (exact) mass is 308 g/mol. The number of carbonyl (C=O) groups is 1. The summed E-state index contributed by atoms with van der Waals surface area (Å²) < 4.78 is 0. The van der Waals surface area contributed by atoms with Gasteiger partial charge in [0.2, 0.25) is 5.91 Å². The van der Waals surface area contributed by atoms with Gasteiger partial charge in [0.1, 0.15) is 5.69 Å². The maximum absolute atomic E-state index is 11.5. The Hall–Kier alpha value is -2.71. The Labute approximate surface area is 126 Å². The molecule has 1 amide bonds. The number of anilines is 1. The minimum Gasteiger partial charge on any atom is -0.367 e.